The molecule has 0 aliphatic heterocycles. The molecule has 1 amide bonds. The molecule has 1 N–H and O–H groups in total. The molecule has 0 fully saturated rings. The maximum atomic E-state index is 11.8. The first-order valence-corrected chi connectivity index (χ1v) is 6.25. The van der Waals surface area contributed by atoms with E-state index in [1.54, 1.807) is 24.3 Å². The third-order valence-corrected chi connectivity index (χ3v) is 2.51. The third kappa shape index (κ3) is 5.32. The van der Waals surface area contributed by atoms with E-state index < -0.39 is 0 Å². The summed E-state index contributed by atoms with van der Waals surface area (Å²) < 4.78 is 0. The number of halogens is 1. The molecule has 0 atom stereocenters. The van der Waals surface area contributed by atoms with Gasteiger partial charge < -0.3 is 5.32 Å². The predicted octanol–water partition coefficient (Wildman–Crippen LogP) is 3.22. The molecule has 4 heteroatoms. The van der Waals surface area contributed by atoms with Gasteiger partial charge in [-0.15, -0.1) is 0 Å². The van der Waals surface area contributed by atoms with Gasteiger partial charge >= 0.3 is 0 Å². The molecule has 0 bridgehead atoms. The van der Waals surface area contributed by atoms with Crippen molar-refractivity contribution in [3.8, 4) is 0 Å². The van der Waals surface area contributed by atoms with E-state index in [0.29, 0.717) is 10.6 Å². The number of amides is 1. The molecule has 0 aliphatic rings. The quantitative estimate of drug-likeness (QED) is 0.852. The van der Waals surface area contributed by atoms with Crippen LogP contribution in [0.25, 0.3) is 0 Å². The van der Waals surface area contributed by atoms with Gasteiger partial charge in [-0.25, -0.2) is 0 Å². The standard InChI is InChI=1S/C14H18ClNO2/c1-14(2,3)16-13(18)9-8-12(17)10-4-6-11(15)7-5-10/h4-7H,8-9H2,1-3H3,(H,16,18). The topological polar surface area (TPSA) is 46.2 Å². The van der Waals surface area contributed by atoms with Crippen LogP contribution in [0, 0.1) is 0 Å². The summed E-state index contributed by atoms with van der Waals surface area (Å²) >= 11 is 5.74. The van der Waals surface area contributed by atoms with Crippen molar-refractivity contribution in [1.82, 2.24) is 5.32 Å². The van der Waals surface area contributed by atoms with Crippen molar-refractivity contribution in [1.29, 1.82) is 0 Å². The van der Waals surface area contributed by atoms with Crippen LogP contribution in [0.3, 0.4) is 0 Å². The average Bonchev–Trinajstić information content (AvgIpc) is 2.24. The zero-order valence-electron chi connectivity index (χ0n) is 10.9. The Balaban J connectivity index is 2.47. The lowest BCUT2D eigenvalue weighted by atomic mass is 10.1. The Bertz CT molecular complexity index is 432. The van der Waals surface area contributed by atoms with Gasteiger partial charge in [-0.3, -0.25) is 9.59 Å². The van der Waals surface area contributed by atoms with E-state index >= 15 is 0 Å². The molecule has 1 rings (SSSR count). The van der Waals surface area contributed by atoms with Crippen LogP contribution in [0.15, 0.2) is 24.3 Å². The Morgan fingerprint density at radius 3 is 2.17 bits per heavy atom. The third-order valence-electron chi connectivity index (χ3n) is 2.26. The minimum absolute atomic E-state index is 0.0456. The first-order chi connectivity index (χ1) is 8.28. The summed E-state index contributed by atoms with van der Waals surface area (Å²) in [5.41, 5.74) is 0.323. The molecule has 0 saturated heterocycles. The molecule has 0 spiro atoms. The van der Waals surface area contributed by atoms with E-state index in [1.165, 1.54) is 0 Å². The summed E-state index contributed by atoms with van der Waals surface area (Å²) in [4.78, 5) is 23.4. The largest absolute Gasteiger partial charge is 0.351 e. The van der Waals surface area contributed by atoms with Gasteiger partial charge in [-0.1, -0.05) is 11.6 Å². The highest BCUT2D eigenvalue weighted by molar-refractivity contribution is 6.30. The fraction of sp³-hybridized carbons (Fsp3) is 0.429. The Morgan fingerprint density at radius 1 is 1.11 bits per heavy atom. The molecule has 98 valence electrons. The number of benzene rings is 1. The molecule has 0 heterocycles. The Labute approximate surface area is 113 Å². The van der Waals surface area contributed by atoms with Crippen molar-refractivity contribution in [3.05, 3.63) is 34.9 Å². The number of rotatable bonds is 4. The van der Waals surface area contributed by atoms with E-state index in [0.717, 1.165) is 0 Å². The molecule has 1 aromatic rings. The summed E-state index contributed by atoms with van der Waals surface area (Å²) in [6, 6.07) is 6.69. The maximum absolute atomic E-state index is 11.8. The number of hydrogen-bond acceptors (Lipinski definition) is 2. The van der Waals surface area contributed by atoms with E-state index in [-0.39, 0.29) is 30.1 Å². The Morgan fingerprint density at radius 2 is 1.67 bits per heavy atom. The number of ketones is 1. The average molecular weight is 268 g/mol. The minimum Gasteiger partial charge on any atom is -0.351 e. The Kier molecular flexibility index (Phi) is 4.91. The maximum Gasteiger partial charge on any atom is 0.220 e. The molecule has 18 heavy (non-hydrogen) atoms. The molecule has 1 aromatic carbocycles. The normalized spacial score (nSPS) is 11.1. The second-order valence-electron chi connectivity index (χ2n) is 5.23. The van der Waals surface area contributed by atoms with Crippen molar-refractivity contribution in [2.45, 2.75) is 39.2 Å². The van der Waals surface area contributed by atoms with Crippen LogP contribution in [0.4, 0.5) is 0 Å². The van der Waals surface area contributed by atoms with Crippen LogP contribution in [0.2, 0.25) is 5.02 Å². The predicted molar refractivity (Wildman–Crippen MR) is 72.9 cm³/mol. The van der Waals surface area contributed by atoms with Gasteiger partial charge in [0.25, 0.3) is 0 Å². The summed E-state index contributed by atoms with van der Waals surface area (Å²) in [5.74, 6) is -0.152. The fourth-order valence-electron chi connectivity index (χ4n) is 1.49. The zero-order valence-corrected chi connectivity index (χ0v) is 11.7. The number of Topliss-reactive ketones (excluding diaryl/α,β-unsaturated/α-hetero) is 1. The van der Waals surface area contributed by atoms with Gasteiger partial charge in [0, 0.05) is 29.0 Å². The van der Waals surface area contributed by atoms with Crippen LogP contribution in [0.5, 0.6) is 0 Å². The second-order valence-corrected chi connectivity index (χ2v) is 5.66. The molecular formula is C14H18ClNO2. The van der Waals surface area contributed by atoms with Gasteiger partial charge in [0.05, 0.1) is 0 Å². The number of carbonyl (C=O) groups excluding carboxylic acids is 2. The van der Waals surface area contributed by atoms with Crippen molar-refractivity contribution in [2.75, 3.05) is 0 Å². The van der Waals surface area contributed by atoms with Crippen molar-refractivity contribution in [3.63, 3.8) is 0 Å². The summed E-state index contributed by atoms with van der Waals surface area (Å²) in [6.07, 6.45) is 0.419. The lowest BCUT2D eigenvalue weighted by Gasteiger charge is -2.20. The van der Waals surface area contributed by atoms with Crippen LogP contribution >= 0.6 is 11.6 Å². The van der Waals surface area contributed by atoms with E-state index in [1.807, 2.05) is 20.8 Å². The first kappa shape index (κ1) is 14.7. The van der Waals surface area contributed by atoms with Gasteiger partial charge in [0.2, 0.25) is 5.91 Å². The second kappa shape index (κ2) is 6.01. The lowest BCUT2D eigenvalue weighted by molar-refractivity contribution is -0.122. The minimum atomic E-state index is -0.263. The molecule has 0 unspecified atom stereocenters. The SMILES string of the molecule is CC(C)(C)NC(=O)CCC(=O)c1ccc(Cl)cc1. The van der Waals surface area contributed by atoms with Crippen molar-refractivity contribution >= 4 is 23.3 Å². The molecule has 3 nitrogen and oxygen atoms in total. The van der Waals surface area contributed by atoms with Crippen molar-refractivity contribution < 1.29 is 9.59 Å². The van der Waals surface area contributed by atoms with E-state index in [2.05, 4.69) is 5.32 Å². The van der Waals surface area contributed by atoms with Crippen molar-refractivity contribution in [2.24, 2.45) is 0 Å². The van der Waals surface area contributed by atoms with Gasteiger partial charge in [-0.2, -0.15) is 0 Å². The highest BCUT2D eigenvalue weighted by atomic mass is 35.5. The summed E-state index contributed by atoms with van der Waals surface area (Å²) in [7, 11) is 0. The van der Waals surface area contributed by atoms with Crippen LogP contribution < -0.4 is 5.32 Å². The number of nitrogens with one attached hydrogen (secondary N) is 1. The molecule has 0 radical (unpaired) electrons. The number of hydrogen-bond donors (Lipinski definition) is 1. The highest BCUT2D eigenvalue weighted by Gasteiger charge is 2.15. The molecule has 0 saturated carbocycles. The molecule has 0 aliphatic carbocycles. The van der Waals surface area contributed by atoms with Crippen LogP contribution in [-0.2, 0) is 4.79 Å². The summed E-state index contributed by atoms with van der Waals surface area (Å²) in [6.45, 7) is 5.73. The number of carbonyl (C=O) groups is 2. The Hall–Kier alpha value is -1.35. The van der Waals surface area contributed by atoms with Gasteiger partial charge in [0.15, 0.2) is 5.78 Å². The zero-order chi connectivity index (χ0) is 13.8. The van der Waals surface area contributed by atoms with Crippen LogP contribution in [-0.4, -0.2) is 17.2 Å². The van der Waals surface area contributed by atoms with E-state index in [4.69, 9.17) is 11.6 Å². The van der Waals surface area contributed by atoms with Gasteiger partial charge in [-0.05, 0) is 45.0 Å². The highest BCUT2D eigenvalue weighted by Crippen LogP contribution is 2.12. The smallest absolute Gasteiger partial charge is 0.220 e. The van der Waals surface area contributed by atoms with Gasteiger partial charge in [0.1, 0.15) is 0 Å². The molecular weight excluding hydrogens is 250 g/mol. The fourth-order valence-corrected chi connectivity index (χ4v) is 1.61. The van der Waals surface area contributed by atoms with Crippen LogP contribution in [0.1, 0.15) is 44.0 Å². The molecule has 0 aromatic heterocycles. The first-order valence-electron chi connectivity index (χ1n) is 5.88. The summed E-state index contributed by atoms with van der Waals surface area (Å²) in [5, 5.41) is 3.42. The monoisotopic (exact) mass is 267 g/mol. The van der Waals surface area contributed by atoms with E-state index in [9.17, 15) is 9.59 Å². The lowest BCUT2D eigenvalue weighted by Crippen LogP contribution is -2.40.